The highest BCUT2D eigenvalue weighted by atomic mass is 16.3. The van der Waals surface area contributed by atoms with E-state index < -0.39 is 6.10 Å². The monoisotopic (exact) mass is 176 g/mol. The van der Waals surface area contributed by atoms with Crippen LogP contribution in [0.5, 0.6) is 0 Å². The van der Waals surface area contributed by atoms with Gasteiger partial charge in [-0.2, -0.15) is 0 Å². The molecule has 0 saturated heterocycles. The first kappa shape index (κ1) is 8.26. The number of aromatic nitrogens is 2. The molecule has 0 aliphatic heterocycles. The molecular weight excluding hydrogens is 164 g/mol. The van der Waals surface area contributed by atoms with Gasteiger partial charge in [-0.05, 0) is 31.5 Å². The van der Waals surface area contributed by atoms with Crippen LogP contribution in [0.25, 0.3) is 5.52 Å². The highest BCUT2D eigenvalue weighted by molar-refractivity contribution is 5.48. The molecule has 0 aliphatic carbocycles. The van der Waals surface area contributed by atoms with Gasteiger partial charge in [-0.3, -0.25) is 0 Å². The minimum Gasteiger partial charge on any atom is -0.385 e. The Kier molecular flexibility index (Phi) is 1.81. The van der Waals surface area contributed by atoms with Crippen molar-refractivity contribution in [1.82, 2.24) is 9.38 Å². The fourth-order valence-electron chi connectivity index (χ4n) is 1.44. The van der Waals surface area contributed by atoms with E-state index in [9.17, 15) is 5.11 Å². The molecule has 2 rings (SSSR count). The fourth-order valence-corrected chi connectivity index (χ4v) is 1.44. The standard InChI is InChI=1S/C10H12N2O/c1-7-3-4-12-9(5-7)6-11-10(12)8(2)13/h3-6,8,13H,1-2H3. The lowest BCUT2D eigenvalue weighted by Gasteiger charge is -2.03. The lowest BCUT2D eigenvalue weighted by Crippen LogP contribution is -1.98. The van der Waals surface area contributed by atoms with Crippen molar-refractivity contribution in [2.45, 2.75) is 20.0 Å². The molecule has 1 N–H and O–H groups in total. The molecule has 2 aromatic heterocycles. The number of fused-ring (bicyclic) bond motifs is 1. The highest BCUT2D eigenvalue weighted by Gasteiger charge is 2.07. The van der Waals surface area contributed by atoms with Crippen LogP contribution >= 0.6 is 0 Å². The van der Waals surface area contributed by atoms with Gasteiger partial charge in [0.1, 0.15) is 11.9 Å². The van der Waals surface area contributed by atoms with Gasteiger partial charge in [-0.25, -0.2) is 4.98 Å². The van der Waals surface area contributed by atoms with Crippen molar-refractivity contribution in [3.05, 3.63) is 35.9 Å². The second kappa shape index (κ2) is 2.85. The van der Waals surface area contributed by atoms with Gasteiger partial charge in [0.15, 0.2) is 0 Å². The molecule has 13 heavy (non-hydrogen) atoms. The lowest BCUT2D eigenvalue weighted by molar-refractivity contribution is 0.188. The molecule has 0 saturated carbocycles. The van der Waals surface area contributed by atoms with E-state index in [0.717, 1.165) is 5.52 Å². The molecule has 0 aliphatic rings. The van der Waals surface area contributed by atoms with Gasteiger partial charge >= 0.3 is 0 Å². The Bertz CT molecular complexity index is 431. The molecule has 3 nitrogen and oxygen atoms in total. The minimum absolute atomic E-state index is 0.523. The van der Waals surface area contributed by atoms with Crippen LogP contribution in [-0.2, 0) is 0 Å². The number of hydrogen-bond acceptors (Lipinski definition) is 2. The average Bonchev–Trinajstić information content (AvgIpc) is 2.46. The Morgan fingerprint density at radius 3 is 3.00 bits per heavy atom. The first-order valence-electron chi connectivity index (χ1n) is 4.30. The summed E-state index contributed by atoms with van der Waals surface area (Å²) in [4.78, 5) is 4.15. The number of imidazole rings is 1. The summed E-state index contributed by atoms with van der Waals surface area (Å²) < 4.78 is 1.90. The Morgan fingerprint density at radius 1 is 1.54 bits per heavy atom. The van der Waals surface area contributed by atoms with Crippen LogP contribution in [-0.4, -0.2) is 14.5 Å². The molecule has 68 valence electrons. The van der Waals surface area contributed by atoms with E-state index in [2.05, 4.69) is 4.98 Å². The molecule has 3 heteroatoms. The summed E-state index contributed by atoms with van der Waals surface area (Å²) in [6, 6.07) is 4.04. The average molecular weight is 176 g/mol. The number of rotatable bonds is 1. The maximum absolute atomic E-state index is 9.40. The second-order valence-electron chi connectivity index (χ2n) is 3.29. The third kappa shape index (κ3) is 1.31. The van der Waals surface area contributed by atoms with Crippen molar-refractivity contribution in [1.29, 1.82) is 0 Å². The van der Waals surface area contributed by atoms with Gasteiger partial charge in [0.2, 0.25) is 0 Å². The molecule has 0 amide bonds. The van der Waals surface area contributed by atoms with Crippen molar-refractivity contribution >= 4 is 5.52 Å². The van der Waals surface area contributed by atoms with Crippen LogP contribution < -0.4 is 0 Å². The zero-order chi connectivity index (χ0) is 9.42. The number of aliphatic hydroxyl groups is 1. The summed E-state index contributed by atoms with van der Waals surface area (Å²) in [7, 11) is 0. The molecular formula is C10H12N2O. The first-order valence-corrected chi connectivity index (χ1v) is 4.30. The molecule has 2 aromatic rings. The van der Waals surface area contributed by atoms with Gasteiger partial charge in [0.05, 0.1) is 11.7 Å². The first-order chi connectivity index (χ1) is 6.18. The van der Waals surface area contributed by atoms with E-state index in [1.54, 1.807) is 13.1 Å². The second-order valence-corrected chi connectivity index (χ2v) is 3.29. The van der Waals surface area contributed by atoms with Gasteiger partial charge < -0.3 is 9.51 Å². The maximum Gasteiger partial charge on any atom is 0.141 e. The minimum atomic E-state index is -0.523. The quantitative estimate of drug-likeness (QED) is 0.718. The third-order valence-corrected chi connectivity index (χ3v) is 2.09. The van der Waals surface area contributed by atoms with Gasteiger partial charge in [0.25, 0.3) is 0 Å². The van der Waals surface area contributed by atoms with E-state index in [1.807, 2.05) is 29.7 Å². The van der Waals surface area contributed by atoms with Crippen molar-refractivity contribution in [2.75, 3.05) is 0 Å². The summed E-state index contributed by atoms with van der Waals surface area (Å²) in [5.74, 6) is 0.690. The Labute approximate surface area is 76.7 Å². The number of aryl methyl sites for hydroxylation is 1. The highest BCUT2D eigenvalue weighted by Crippen LogP contribution is 2.14. The number of hydrogen-bond donors (Lipinski definition) is 1. The number of aliphatic hydroxyl groups excluding tert-OH is 1. The molecule has 0 bridgehead atoms. The van der Waals surface area contributed by atoms with Crippen LogP contribution in [0.3, 0.4) is 0 Å². The summed E-state index contributed by atoms with van der Waals surface area (Å²) in [5, 5.41) is 9.40. The van der Waals surface area contributed by atoms with Gasteiger partial charge in [-0.15, -0.1) is 0 Å². The zero-order valence-corrected chi connectivity index (χ0v) is 7.73. The predicted molar refractivity (Wildman–Crippen MR) is 50.6 cm³/mol. The van der Waals surface area contributed by atoms with Crippen molar-refractivity contribution in [2.24, 2.45) is 0 Å². The zero-order valence-electron chi connectivity index (χ0n) is 7.73. The van der Waals surface area contributed by atoms with E-state index in [0.29, 0.717) is 5.82 Å². The molecule has 0 radical (unpaired) electrons. The Balaban J connectivity index is 2.69. The van der Waals surface area contributed by atoms with E-state index >= 15 is 0 Å². The summed E-state index contributed by atoms with van der Waals surface area (Å²) >= 11 is 0. The molecule has 1 unspecified atom stereocenters. The Hall–Kier alpha value is -1.35. The Morgan fingerprint density at radius 2 is 2.31 bits per heavy atom. The number of nitrogens with zero attached hydrogens (tertiary/aromatic N) is 2. The fraction of sp³-hybridized carbons (Fsp3) is 0.300. The van der Waals surface area contributed by atoms with Crippen LogP contribution in [0.2, 0.25) is 0 Å². The summed E-state index contributed by atoms with van der Waals surface area (Å²) in [6.45, 7) is 3.75. The summed E-state index contributed by atoms with van der Waals surface area (Å²) in [5.41, 5.74) is 2.22. The topological polar surface area (TPSA) is 37.5 Å². The predicted octanol–water partition coefficient (Wildman–Crippen LogP) is 1.70. The van der Waals surface area contributed by atoms with Crippen LogP contribution in [0, 0.1) is 6.92 Å². The van der Waals surface area contributed by atoms with Crippen LogP contribution in [0.4, 0.5) is 0 Å². The SMILES string of the molecule is Cc1ccn2c(C(C)O)ncc2c1. The van der Waals surface area contributed by atoms with Gasteiger partial charge in [0, 0.05) is 6.20 Å². The van der Waals surface area contributed by atoms with Crippen molar-refractivity contribution in [3.63, 3.8) is 0 Å². The molecule has 0 aromatic carbocycles. The molecule has 2 heterocycles. The smallest absolute Gasteiger partial charge is 0.141 e. The van der Waals surface area contributed by atoms with E-state index in [1.165, 1.54) is 5.56 Å². The van der Waals surface area contributed by atoms with E-state index in [-0.39, 0.29) is 0 Å². The largest absolute Gasteiger partial charge is 0.385 e. The van der Waals surface area contributed by atoms with Gasteiger partial charge in [-0.1, -0.05) is 0 Å². The molecule has 0 fully saturated rings. The molecule has 1 atom stereocenters. The van der Waals surface area contributed by atoms with Crippen LogP contribution in [0.15, 0.2) is 24.5 Å². The number of pyridine rings is 1. The maximum atomic E-state index is 9.40. The van der Waals surface area contributed by atoms with Crippen LogP contribution in [0.1, 0.15) is 24.4 Å². The van der Waals surface area contributed by atoms with E-state index in [4.69, 9.17) is 0 Å². The lowest BCUT2D eigenvalue weighted by atomic mass is 10.3. The van der Waals surface area contributed by atoms with Crippen molar-refractivity contribution in [3.8, 4) is 0 Å². The van der Waals surface area contributed by atoms with Crippen molar-refractivity contribution < 1.29 is 5.11 Å². The normalized spacial score (nSPS) is 13.5. The third-order valence-electron chi connectivity index (χ3n) is 2.09. The summed E-state index contributed by atoms with van der Waals surface area (Å²) in [6.07, 6.45) is 3.18. The molecule has 0 spiro atoms.